The largest absolute Gasteiger partial charge is 0.497 e. The van der Waals surface area contributed by atoms with Gasteiger partial charge in [-0.1, -0.05) is 0 Å². The van der Waals surface area contributed by atoms with Gasteiger partial charge < -0.3 is 13.9 Å². The Morgan fingerprint density at radius 2 is 1.90 bits per heavy atom. The first-order chi connectivity index (χ1) is 10.2. The number of hydrogen-bond donors (Lipinski definition) is 0. The molecule has 2 heterocycles. The molecule has 0 unspecified atom stereocenters. The Balaban J connectivity index is 1.89. The fourth-order valence-electron chi connectivity index (χ4n) is 1.95. The number of benzene rings is 1. The van der Waals surface area contributed by atoms with Crippen LogP contribution in [-0.2, 0) is 9.53 Å². The minimum absolute atomic E-state index is 0.395. The van der Waals surface area contributed by atoms with Crippen molar-refractivity contribution >= 4 is 33.7 Å². The number of halogens is 1. The van der Waals surface area contributed by atoms with Crippen molar-refractivity contribution in [1.82, 2.24) is 0 Å². The smallest absolute Gasteiger partial charge is 0.343 e. The van der Waals surface area contributed by atoms with Gasteiger partial charge >= 0.3 is 5.97 Å². The fraction of sp³-hybridized carbons (Fsp3) is 0.0625. The second kappa shape index (κ2) is 5.61. The van der Waals surface area contributed by atoms with E-state index in [9.17, 15) is 4.79 Å². The van der Waals surface area contributed by atoms with Crippen molar-refractivity contribution in [2.24, 2.45) is 0 Å². The van der Waals surface area contributed by atoms with E-state index in [2.05, 4.69) is 15.9 Å². The molecular formula is C16H11BrO4. The first-order valence-corrected chi connectivity index (χ1v) is 7.00. The van der Waals surface area contributed by atoms with Gasteiger partial charge in [-0.2, -0.15) is 0 Å². The third kappa shape index (κ3) is 2.92. The summed E-state index contributed by atoms with van der Waals surface area (Å²) >= 11 is 3.22. The number of carbonyl (C=O) groups is 1. The fourth-order valence-corrected chi connectivity index (χ4v) is 2.26. The molecule has 4 nitrogen and oxygen atoms in total. The molecule has 0 fully saturated rings. The number of ether oxygens (including phenoxy) is 2. The molecule has 0 N–H and O–H groups in total. The van der Waals surface area contributed by atoms with E-state index in [1.165, 1.54) is 0 Å². The maximum absolute atomic E-state index is 11.9. The van der Waals surface area contributed by atoms with E-state index < -0.39 is 5.97 Å². The summed E-state index contributed by atoms with van der Waals surface area (Å²) in [5.74, 6) is 1.45. The third-order valence-corrected chi connectivity index (χ3v) is 3.42. The third-order valence-electron chi connectivity index (χ3n) is 2.99. The number of methoxy groups -OCH3 is 1. The Kier molecular flexibility index (Phi) is 3.66. The van der Waals surface area contributed by atoms with Crippen LogP contribution in [-0.4, -0.2) is 13.1 Å². The van der Waals surface area contributed by atoms with Crippen molar-refractivity contribution in [1.29, 1.82) is 0 Å². The summed E-state index contributed by atoms with van der Waals surface area (Å²) in [5.41, 5.74) is 1.26. The zero-order valence-corrected chi connectivity index (χ0v) is 12.7. The predicted octanol–water partition coefficient (Wildman–Crippen LogP) is 4.03. The SMILES string of the molecule is COc1ccc(C2=C/C(=C\c3ccc(Br)o3)C(=O)O2)cc1. The van der Waals surface area contributed by atoms with E-state index in [1.807, 2.05) is 24.3 Å². The highest BCUT2D eigenvalue weighted by atomic mass is 79.9. The average Bonchev–Trinajstić information content (AvgIpc) is 3.06. The lowest BCUT2D eigenvalue weighted by molar-refractivity contribution is -0.130. The van der Waals surface area contributed by atoms with E-state index in [0.717, 1.165) is 11.3 Å². The number of carbonyl (C=O) groups excluding carboxylic acids is 1. The molecule has 3 rings (SSSR count). The molecule has 5 heteroatoms. The zero-order valence-electron chi connectivity index (χ0n) is 11.1. The summed E-state index contributed by atoms with van der Waals surface area (Å²) < 4.78 is 16.3. The molecule has 1 aliphatic rings. The number of rotatable bonds is 3. The molecule has 0 spiro atoms. The van der Waals surface area contributed by atoms with Crippen molar-refractivity contribution < 1.29 is 18.7 Å². The van der Waals surface area contributed by atoms with E-state index in [1.54, 1.807) is 31.4 Å². The number of cyclic esters (lactones) is 1. The molecule has 0 saturated heterocycles. The average molecular weight is 347 g/mol. The molecule has 21 heavy (non-hydrogen) atoms. The van der Waals surface area contributed by atoms with Crippen LogP contribution in [0.2, 0.25) is 0 Å². The Bertz CT molecular complexity index is 738. The van der Waals surface area contributed by atoms with Crippen molar-refractivity contribution in [3.8, 4) is 5.75 Å². The molecule has 1 aliphatic heterocycles. The normalized spacial score (nSPS) is 16.0. The van der Waals surface area contributed by atoms with Crippen LogP contribution in [0.4, 0.5) is 0 Å². The highest BCUT2D eigenvalue weighted by Gasteiger charge is 2.22. The van der Waals surface area contributed by atoms with Crippen molar-refractivity contribution in [2.75, 3.05) is 7.11 Å². The highest BCUT2D eigenvalue weighted by Crippen LogP contribution is 2.29. The molecule has 1 aromatic carbocycles. The molecule has 2 aromatic rings. The van der Waals surface area contributed by atoms with Gasteiger partial charge in [0.15, 0.2) is 4.67 Å². The summed E-state index contributed by atoms with van der Waals surface area (Å²) in [5, 5.41) is 0. The maximum Gasteiger partial charge on any atom is 0.343 e. The summed E-state index contributed by atoms with van der Waals surface area (Å²) in [6, 6.07) is 10.8. The van der Waals surface area contributed by atoms with Gasteiger partial charge in [0.05, 0.1) is 12.7 Å². The van der Waals surface area contributed by atoms with Crippen LogP contribution < -0.4 is 4.74 Å². The van der Waals surface area contributed by atoms with Gasteiger partial charge in [-0.25, -0.2) is 4.79 Å². The number of esters is 1. The molecule has 0 amide bonds. The number of hydrogen-bond acceptors (Lipinski definition) is 4. The predicted molar refractivity (Wildman–Crippen MR) is 81.4 cm³/mol. The monoisotopic (exact) mass is 346 g/mol. The molecule has 0 bridgehead atoms. The second-order valence-corrected chi connectivity index (χ2v) is 5.15. The van der Waals surface area contributed by atoms with Gasteiger partial charge in [0.25, 0.3) is 0 Å². The zero-order chi connectivity index (χ0) is 14.8. The van der Waals surface area contributed by atoms with Gasteiger partial charge in [0, 0.05) is 5.56 Å². The first kappa shape index (κ1) is 13.7. The van der Waals surface area contributed by atoms with Gasteiger partial charge in [-0.15, -0.1) is 0 Å². The molecule has 0 aliphatic carbocycles. The molecule has 106 valence electrons. The van der Waals surface area contributed by atoms with Gasteiger partial charge in [-0.3, -0.25) is 0 Å². The van der Waals surface area contributed by atoms with Gasteiger partial charge in [0.2, 0.25) is 0 Å². The lowest BCUT2D eigenvalue weighted by atomic mass is 10.1. The topological polar surface area (TPSA) is 48.7 Å². The van der Waals surface area contributed by atoms with E-state index >= 15 is 0 Å². The lowest BCUT2D eigenvalue weighted by Crippen LogP contribution is -1.97. The Morgan fingerprint density at radius 1 is 1.14 bits per heavy atom. The Hall–Kier alpha value is -2.27. The minimum atomic E-state index is -0.395. The molecule has 0 atom stereocenters. The van der Waals surface area contributed by atoms with Crippen LogP contribution in [0.1, 0.15) is 11.3 Å². The standard InChI is InChI=1S/C16H11BrO4/c1-19-12-4-2-10(3-5-12)14-9-11(16(18)21-14)8-13-6-7-15(17)20-13/h2-9H,1H3/b11-8+. The quantitative estimate of drug-likeness (QED) is 0.621. The second-order valence-electron chi connectivity index (χ2n) is 4.37. The maximum atomic E-state index is 11.9. The van der Waals surface area contributed by atoms with Crippen molar-refractivity contribution in [3.05, 3.63) is 64.0 Å². The highest BCUT2D eigenvalue weighted by molar-refractivity contribution is 9.10. The van der Waals surface area contributed by atoms with Crippen LogP contribution in [0.25, 0.3) is 11.8 Å². The van der Waals surface area contributed by atoms with Crippen LogP contribution in [0.5, 0.6) is 5.75 Å². The van der Waals surface area contributed by atoms with Crippen LogP contribution in [0.15, 0.2) is 57.1 Å². The van der Waals surface area contributed by atoms with E-state index in [4.69, 9.17) is 13.9 Å². The molecule has 0 saturated carbocycles. The Morgan fingerprint density at radius 3 is 2.52 bits per heavy atom. The summed E-state index contributed by atoms with van der Waals surface area (Å²) in [4.78, 5) is 11.9. The van der Waals surface area contributed by atoms with Crippen molar-refractivity contribution in [2.45, 2.75) is 0 Å². The van der Waals surface area contributed by atoms with Gasteiger partial charge in [0.1, 0.15) is 17.3 Å². The Labute approximate surface area is 129 Å². The van der Waals surface area contributed by atoms with Crippen LogP contribution in [0.3, 0.4) is 0 Å². The summed E-state index contributed by atoms with van der Waals surface area (Å²) in [6.07, 6.45) is 3.34. The van der Waals surface area contributed by atoms with Crippen LogP contribution in [0, 0.1) is 0 Å². The lowest BCUT2D eigenvalue weighted by Gasteiger charge is -2.03. The van der Waals surface area contributed by atoms with Gasteiger partial charge in [-0.05, 0) is 64.5 Å². The molecule has 1 aromatic heterocycles. The molecular weight excluding hydrogens is 336 g/mol. The van der Waals surface area contributed by atoms with Crippen LogP contribution >= 0.6 is 15.9 Å². The first-order valence-electron chi connectivity index (χ1n) is 6.21. The molecule has 0 radical (unpaired) electrons. The number of furan rings is 1. The van der Waals surface area contributed by atoms with Crippen molar-refractivity contribution in [3.63, 3.8) is 0 Å². The van der Waals surface area contributed by atoms with E-state index in [0.29, 0.717) is 21.8 Å². The summed E-state index contributed by atoms with van der Waals surface area (Å²) in [6.45, 7) is 0. The van der Waals surface area contributed by atoms with E-state index in [-0.39, 0.29) is 0 Å². The summed E-state index contributed by atoms with van der Waals surface area (Å²) in [7, 11) is 1.60. The minimum Gasteiger partial charge on any atom is -0.497 e.